The molecular formula is C13H23NO2. The van der Waals surface area contributed by atoms with Crippen molar-refractivity contribution in [2.75, 3.05) is 19.7 Å². The Balaban J connectivity index is 2.35. The summed E-state index contributed by atoms with van der Waals surface area (Å²) >= 11 is 0. The maximum Gasteiger partial charge on any atom is 0.334 e. The molecule has 0 amide bonds. The van der Waals surface area contributed by atoms with Crippen LogP contribution in [0.3, 0.4) is 0 Å². The number of unbranched alkanes of at least 4 members (excludes halogenated alkanes) is 1. The highest BCUT2D eigenvalue weighted by Gasteiger charge is 2.29. The zero-order valence-electron chi connectivity index (χ0n) is 10.5. The van der Waals surface area contributed by atoms with Crippen molar-refractivity contribution < 1.29 is 9.53 Å². The Morgan fingerprint density at radius 1 is 1.44 bits per heavy atom. The summed E-state index contributed by atoms with van der Waals surface area (Å²) in [5.41, 5.74) is 0.588. The van der Waals surface area contributed by atoms with Gasteiger partial charge in [0.05, 0.1) is 6.61 Å². The molecule has 0 bridgehead atoms. The van der Waals surface area contributed by atoms with Gasteiger partial charge in [-0.3, -0.25) is 4.90 Å². The van der Waals surface area contributed by atoms with Gasteiger partial charge < -0.3 is 4.74 Å². The average molecular weight is 225 g/mol. The molecular weight excluding hydrogens is 202 g/mol. The zero-order valence-corrected chi connectivity index (χ0v) is 10.5. The van der Waals surface area contributed by atoms with Gasteiger partial charge in [-0.25, -0.2) is 4.79 Å². The van der Waals surface area contributed by atoms with Crippen LogP contribution in [0.5, 0.6) is 0 Å². The van der Waals surface area contributed by atoms with Crippen molar-refractivity contribution >= 4 is 5.97 Å². The van der Waals surface area contributed by atoms with Crippen LogP contribution < -0.4 is 0 Å². The third kappa shape index (κ3) is 4.35. The Morgan fingerprint density at radius 3 is 2.62 bits per heavy atom. The Kier molecular flexibility index (Phi) is 5.53. The van der Waals surface area contributed by atoms with Crippen LogP contribution in [-0.4, -0.2) is 36.6 Å². The molecule has 0 heterocycles. The first-order chi connectivity index (χ1) is 7.69. The third-order valence-electron chi connectivity index (χ3n) is 2.82. The van der Waals surface area contributed by atoms with Crippen LogP contribution in [0.25, 0.3) is 0 Å². The number of hydrogen-bond acceptors (Lipinski definition) is 3. The Bertz CT molecular complexity index is 246. The van der Waals surface area contributed by atoms with Gasteiger partial charge in [0, 0.05) is 18.2 Å². The predicted octanol–water partition coefficient (Wildman–Crippen LogP) is 2.37. The molecule has 0 aromatic heterocycles. The van der Waals surface area contributed by atoms with E-state index in [-0.39, 0.29) is 5.97 Å². The summed E-state index contributed by atoms with van der Waals surface area (Å²) in [6.45, 7) is 9.99. The molecule has 1 rings (SSSR count). The second-order valence-corrected chi connectivity index (χ2v) is 4.38. The van der Waals surface area contributed by atoms with Crippen molar-refractivity contribution in [3.63, 3.8) is 0 Å². The Morgan fingerprint density at radius 2 is 2.12 bits per heavy atom. The summed E-state index contributed by atoms with van der Waals surface area (Å²) in [5.74, 6) is -0.246. The first kappa shape index (κ1) is 13.2. The standard InChI is InChI=1S/C13H23NO2/c1-4-6-9-14(12-7-8-12)10-11(3)13(15)16-5-2/h12H,3-10H2,1-2H3. The van der Waals surface area contributed by atoms with Gasteiger partial charge in [-0.05, 0) is 32.7 Å². The smallest absolute Gasteiger partial charge is 0.334 e. The number of nitrogens with zero attached hydrogens (tertiary/aromatic N) is 1. The maximum atomic E-state index is 11.4. The highest BCUT2D eigenvalue weighted by molar-refractivity contribution is 5.88. The number of carbonyl (C=O) groups is 1. The molecule has 0 N–H and O–H groups in total. The summed E-state index contributed by atoms with van der Waals surface area (Å²) in [6, 6.07) is 0.678. The lowest BCUT2D eigenvalue weighted by Crippen LogP contribution is -2.31. The van der Waals surface area contributed by atoms with E-state index in [4.69, 9.17) is 4.74 Å². The fourth-order valence-electron chi connectivity index (χ4n) is 1.73. The molecule has 0 spiro atoms. The third-order valence-corrected chi connectivity index (χ3v) is 2.82. The molecule has 1 fully saturated rings. The van der Waals surface area contributed by atoms with Gasteiger partial charge in [-0.15, -0.1) is 0 Å². The fourth-order valence-corrected chi connectivity index (χ4v) is 1.73. The molecule has 1 aliphatic carbocycles. The molecule has 0 radical (unpaired) electrons. The van der Waals surface area contributed by atoms with Crippen molar-refractivity contribution in [1.82, 2.24) is 4.90 Å². The van der Waals surface area contributed by atoms with Crippen LogP contribution in [0, 0.1) is 0 Å². The van der Waals surface area contributed by atoms with Gasteiger partial charge >= 0.3 is 5.97 Å². The van der Waals surface area contributed by atoms with Crippen molar-refractivity contribution in [3.8, 4) is 0 Å². The number of rotatable bonds is 8. The van der Waals surface area contributed by atoms with Gasteiger partial charge in [0.15, 0.2) is 0 Å². The molecule has 92 valence electrons. The number of ether oxygens (including phenoxy) is 1. The van der Waals surface area contributed by atoms with E-state index in [1.807, 2.05) is 6.92 Å². The minimum Gasteiger partial charge on any atom is -0.463 e. The monoisotopic (exact) mass is 225 g/mol. The SMILES string of the molecule is C=C(CN(CCCC)C1CC1)C(=O)OCC. The average Bonchev–Trinajstić information content (AvgIpc) is 3.08. The van der Waals surface area contributed by atoms with E-state index in [9.17, 15) is 4.79 Å². The van der Waals surface area contributed by atoms with E-state index in [2.05, 4.69) is 18.4 Å². The molecule has 0 aliphatic heterocycles. The highest BCUT2D eigenvalue weighted by atomic mass is 16.5. The van der Waals surface area contributed by atoms with Crippen molar-refractivity contribution in [1.29, 1.82) is 0 Å². The molecule has 0 unspecified atom stereocenters. The van der Waals surface area contributed by atoms with Gasteiger partial charge in [0.1, 0.15) is 0 Å². The van der Waals surface area contributed by atoms with Crippen LogP contribution >= 0.6 is 0 Å². The summed E-state index contributed by atoms with van der Waals surface area (Å²) in [7, 11) is 0. The summed E-state index contributed by atoms with van der Waals surface area (Å²) in [6.07, 6.45) is 4.90. The van der Waals surface area contributed by atoms with Crippen molar-refractivity contribution in [2.45, 2.75) is 45.6 Å². The Labute approximate surface area is 98.5 Å². The topological polar surface area (TPSA) is 29.5 Å². The van der Waals surface area contributed by atoms with Crippen molar-refractivity contribution in [3.05, 3.63) is 12.2 Å². The van der Waals surface area contributed by atoms with Crippen LogP contribution in [0.1, 0.15) is 39.5 Å². The lowest BCUT2D eigenvalue weighted by molar-refractivity contribution is -0.138. The molecule has 0 saturated heterocycles. The second kappa shape index (κ2) is 6.69. The first-order valence-corrected chi connectivity index (χ1v) is 6.28. The normalized spacial score (nSPS) is 15.2. The first-order valence-electron chi connectivity index (χ1n) is 6.28. The second-order valence-electron chi connectivity index (χ2n) is 4.38. The number of carbonyl (C=O) groups excluding carboxylic acids is 1. The van der Waals surface area contributed by atoms with Gasteiger partial charge in [-0.2, -0.15) is 0 Å². The number of esters is 1. The lowest BCUT2D eigenvalue weighted by atomic mass is 10.2. The molecule has 3 nitrogen and oxygen atoms in total. The molecule has 0 aromatic rings. The predicted molar refractivity (Wildman–Crippen MR) is 65.3 cm³/mol. The van der Waals surface area contributed by atoms with Crippen LogP contribution in [0.4, 0.5) is 0 Å². The van der Waals surface area contributed by atoms with E-state index in [0.29, 0.717) is 24.8 Å². The molecule has 1 saturated carbocycles. The van der Waals surface area contributed by atoms with Crippen LogP contribution in [0.2, 0.25) is 0 Å². The number of hydrogen-bond donors (Lipinski definition) is 0. The summed E-state index contributed by atoms with van der Waals surface area (Å²) in [5, 5.41) is 0. The summed E-state index contributed by atoms with van der Waals surface area (Å²) in [4.78, 5) is 13.8. The molecule has 16 heavy (non-hydrogen) atoms. The largest absolute Gasteiger partial charge is 0.463 e. The van der Waals surface area contributed by atoms with Gasteiger partial charge in [0.2, 0.25) is 0 Å². The maximum absolute atomic E-state index is 11.4. The van der Waals surface area contributed by atoms with E-state index in [1.54, 1.807) is 0 Å². The van der Waals surface area contributed by atoms with E-state index >= 15 is 0 Å². The van der Waals surface area contributed by atoms with E-state index in [0.717, 1.165) is 6.54 Å². The molecule has 0 aromatic carbocycles. The fraction of sp³-hybridized carbons (Fsp3) is 0.769. The van der Waals surface area contributed by atoms with E-state index in [1.165, 1.54) is 25.7 Å². The van der Waals surface area contributed by atoms with Crippen LogP contribution in [0.15, 0.2) is 12.2 Å². The van der Waals surface area contributed by atoms with Gasteiger partial charge in [0.25, 0.3) is 0 Å². The van der Waals surface area contributed by atoms with Crippen LogP contribution in [-0.2, 0) is 9.53 Å². The lowest BCUT2D eigenvalue weighted by Gasteiger charge is -2.22. The Hall–Kier alpha value is -0.830. The zero-order chi connectivity index (χ0) is 12.0. The van der Waals surface area contributed by atoms with Gasteiger partial charge in [-0.1, -0.05) is 19.9 Å². The molecule has 3 heteroatoms. The van der Waals surface area contributed by atoms with E-state index < -0.39 is 0 Å². The van der Waals surface area contributed by atoms with Crippen molar-refractivity contribution in [2.24, 2.45) is 0 Å². The minimum absolute atomic E-state index is 0.246. The quantitative estimate of drug-likeness (QED) is 0.469. The highest BCUT2D eigenvalue weighted by Crippen LogP contribution is 2.27. The molecule has 0 atom stereocenters. The minimum atomic E-state index is -0.246. The summed E-state index contributed by atoms with van der Waals surface area (Å²) < 4.78 is 4.94. The molecule has 1 aliphatic rings.